The highest BCUT2D eigenvalue weighted by Gasteiger charge is 2.24. The van der Waals surface area contributed by atoms with Gasteiger partial charge in [-0.3, -0.25) is 9.88 Å². The number of halogens is 2. The molecule has 0 spiro atoms. The van der Waals surface area contributed by atoms with Crippen molar-refractivity contribution in [3.8, 4) is 0 Å². The lowest BCUT2D eigenvalue weighted by Gasteiger charge is -2.34. The first-order valence-electron chi connectivity index (χ1n) is 5.61. The molecule has 0 bridgehead atoms. The zero-order valence-electron chi connectivity index (χ0n) is 9.37. The highest BCUT2D eigenvalue weighted by Crippen LogP contribution is 2.23. The molecule has 1 saturated heterocycles. The third kappa shape index (κ3) is 3.19. The molecular formula is C12H16BrClN2. The molecule has 1 aliphatic rings. The van der Waals surface area contributed by atoms with E-state index >= 15 is 0 Å². The maximum Gasteiger partial charge on any atom is 0.0410 e. The van der Waals surface area contributed by atoms with Crippen molar-refractivity contribution in [2.24, 2.45) is 5.92 Å². The third-order valence-corrected chi connectivity index (χ3v) is 4.13. The van der Waals surface area contributed by atoms with Gasteiger partial charge in [0, 0.05) is 35.3 Å². The first-order valence-corrected chi connectivity index (χ1v) is 6.84. The molecule has 1 aromatic heterocycles. The van der Waals surface area contributed by atoms with Crippen molar-refractivity contribution in [3.63, 3.8) is 0 Å². The molecule has 1 aromatic rings. The molecule has 0 amide bonds. The Morgan fingerprint density at radius 3 is 3.06 bits per heavy atom. The van der Waals surface area contributed by atoms with E-state index in [-0.39, 0.29) is 0 Å². The van der Waals surface area contributed by atoms with E-state index in [9.17, 15) is 0 Å². The molecule has 88 valence electrons. The highest BCUT2D eigenvalue weighted by molar-refractivity contribution is 9.10. The summed E-state index contributed by atoms with van der Waals surface area (Å²) >= 11 is 9.66. The van der Waals surface area contributed by atoms with Crippen molar-refractivity contribution in [2.45, 2.75) is 25.3 Å². The second kappa shape index (κ2) is 5.48. The van der Waals surface area contributed by atoms with Crippen LogP contribution in [-0.2, 0) is 6.54 Å². The van der Waals surface area contributed by atoms with E-state index in [1.54, 1.807) is 0 Å². The number of hydrogen-bond acceptors (Lipinski definition) is 2. The fourth-order valence-corrected chi connectivity index (χ4v) is 2.74. The largest absolute Gasteiger partial charge is 0.299 e. The van der Waals surface area contributed by atoms with Gasteiger partial charge in [-0.2, -0.15) is 0 Å². The molecule has 2 nitrogen and oxygen atoms in total. The SMILES string of the molecule is CC1CN(Cc2cncc(Br)c2)CCC1Cl. The number of likely N-dealkylation sites (tertiary alicyclic amines) is 1. The molecule has 2 unspecified atom stereocenters. The number of aromatic nitrogens is 1. The van der Waals surface area contributed by atoms with Crippen LogP contribution in [0, 0.1) is 5.92 Å². The summed E-state index contributed by atoms with van der Waals surface area (Å²) in [5.74, 6) is 0.579. The quantitative estimate of drug-likeness (QED) is 0.779. The minimum absolute atomic E-state index is 0.344. The molecular weight excluding hydrogens is 288 g/mol. The van der Waals surface area contributed by atoms with Crippen LogP contribution < -0.4 is 0 Å². The Balaban J connectivity index is 1.95. The molecule has 0 aliphatic carbocycles. The van der Waals surface area contributed by atoms with E-state index in [1.807, 2.05) is 12.4 Å². The molecule has 0 aromatic carbocycles. The van der Waals surface area contributed by atoms with Gasteiger partial charge in [-0.15, -0.1) is 11.6 Å². The third-order valence-electron chi connectivity index (χ3n) is 3.05. The normalized spacial score (nSPS) is 26.9. The van der Waals surface area contributed by atoms with E-state index in [1.165, 1.54) is 5.56 Å². The van der Waals surface area contributed by atoms with E-state index in [0.29, 0.717) is 11.3 Å². The number of hydrogen-bond donors (Lipinski definition) is 0. The van der Waals surface area contributed by atoms with Crippen LogP contribution in [0.1, 0.15) is 18.9 Å². The summed E-state index contributed by atoms with van der Waals surface area (Å²) in [5.41, 5.74) is 1.26. The van der Waals surface area contributed by atoms with Crippen LogP contribution in [0.15, 0.2) is 22.9 Å². The van der Waals surface area contributed by atoms with Crippen LogP contribution in [0.4, 0.5) is 0 Å². The van der Waals surface area contributed by atoms with E-state index < -0.39 is 0 Å². The molecule has 1 aliphatic heterocycles. The van der Waals surface area contributed by atoms with E-state index in [2.05, 4.69) is 38.8 Å². The van der Waals surface area contributed by atoms with Crippen molar-refractivity contribution >= 4 is 27.5 Å². The Hall–Kier alpha value is -0.120. The number of alkyl halides is 1. The predicted molar refractivity (Wildman–Crippen MR) is 70.6 cm³/mol. The van der Waals surface area contributed by atoms with Crippen LogP contribution in [0.2, 0.25) is 0 Å². The zero-order valence-corrected chi connectivity index (χ0v) is 11.7. The van der Waals surface area contributed by atoms with Crippen LogP contribution in [0.3, 0.4) is 0 Å². The maximum absolute atomic E-state index is 6.21. The number of rotatable bonds is 2. The second-order valence-electron chi connectivity index (χ2n) is 4.53. The summed E-state index contributed by atoms with van der Waals surface area (Å²) in [4.78, 5) is 6.64. The molecule has 2 rings (SSSR count). The second-order valence-corrected chi connectivity index (χ2v) is 6.00. The van der Waals surface area contributed by atoms with Crippen molar-refractivity contribution in [1.29, 1.82) is 0 Å². The predicted octanol–water partition coefficient (Wildman–Crippen LogP) is 3.29. The van der Waals surface area contributed by atoms with Gasteiger partial charge in [-0.25, -0.2) is 0 Å². The topological polar surface area (TPSA) is 16.1 Å². The number of pyridine rings is 1. The summed E-state index contributed by atoms with van der Waals surface area (Å²) in [6.07, 6.45) is 4.84. The maximum atomic E-state index is 6.21. The van der Waals surface area contributed by atoms with Gasteiger partial charge >= 0.3 is 0 Å². The fraction of sp³-hybridized carbons (Fsp3) is 0.583. The van der Waals surface area contributed by atoms with Gasteiger partial charge in [0.25, 0.3) is 0 Å². The summed E-state index contributed by atoms with van der Waals surface area (Å²) in [5, 5.41) is 0.344. The van der Waals surface area contributed by atoms with Gasteiger partial charge in [-0.05, 0) is 46.4 Å². The average molecular weight is 304 g/mol. The molecule has 0 N–H and O–H groups in total. The zero-order chi connectivity index (χ0) is 11.5. The molecule has 2 heterocycles. The number of nitrogens with zero attached hydrogens (tertiary/aromatic N) is 2. The molecule has 4 heteroatoms. The van der Waals surface area contributed by atoms with Gasteiger partial charge < -0.3 is 0 Å². The summed E-state index contributed by atoms with van der Waals surface area (Å²) in [6.45, 7) is 5.37. The van der Waals surface area contributed by atoms with Gasteiger partial charge in [-0.1, -0.05) is 6.92 Å². The standard InChI is InChI=1S/C12H16BrClN2/c1-9-7-16(3-2-12(9)14)8-10-4-11(13)6-15-5-10/h4-6,9,12H,2-3,7-8H2,1H3. The van der Waals surface area contributed by atoms with Crippen molar-refractivity contribution < 1.29 is 0 Å². The van der Waals surface area contributed by atoms with Crippen LogP contribution in [0.5, 0.6) is 0 Å². The highest BCUT2D eigenvalue weighted by atomic mass is 79.9. The van der Waals surface area contributed by atoms with Crippen molar-refractivity contribution in [2.75, 3.05) is 13.1 Å². The minimum Gasteiger partial charge on any atom is -0.299 e. The Bertz CT molecular complexity index is 359. The first kappa shape index (κ1) is 12.3. The van der Waals surface area contributed by atoms with Gasteiger partial charge in [0.2, 0.25) is 0 Å². The van der Waals surface area contributed by atoms with Gasteiger partial charge in [0.05, 0.1) is 0 Å². The lowest BCUT2D eigenvalue weighted by atomic mass is 9.99. The Morgan fingerprint density at radius 2 is 2.38 bits per heavy atom. The molecule has 2 atom stereocenters. The lowest BCUT2D eigenvalue weighted by Crippen LogP contribution is -2.39. The first-order chi connectivity index (χ1) is 7.65. The van der Waals surface area contributed by atoms with Crippen LogP contribution in [-0.4, -0.2) is 28.4 Å². The Labute approximate surface area is 110 Å². The lowest BCUT2D eigenvalue weighted by molar-refractivity contribution is 0.180. The van der Waals surface area contributed by atoms with Gasteiger partial charge in [0.1, 0.15) is 0 Å². The molecule has 1 fully saturated rings. The molecule has 16 heavy (non-hydrogen) atoms. The van der Waals surface area contributed by atoms with Crippen LogP contribution in [0.25, 0.3) is 0 Å². The van der Waals surface area contributed by atoms with Crippen molar-refractivity contribution in [1.82, 2.24) is 9.88 Å². The monoisotopic (exact) mass is 302 g/mol. The fourth-order valence-electron chi connectivity index (χ4n) is 2.15. The Kier molecular flexibility index (Phi) is 4.22. The molecule has 0 saturated carbocycles. The van der Waals surface area contributed by atoms with Crippen LogP contribution >= 0.6 is 27.5 Å². The average Bonchev–Trinajstić information content (AvgIpc) is 2.24. The Morgan fingerprint density at radius 1 is 1.56 bits per heavy atom. The molecule has 0 radical (unpaired) electrons. The minimum atomic E-state index is 0.344. The summed E-state index contributed by atoms with van der Waals surface area (Å²) in [6, 6.07) is 2.13. The number of piperidine rings is 1. The van der Waals surface area contributed by atoms with Crippen molar-refractivity contribution in [3.05, 3.63) is 28.5 Å². The van der Waals surface area contributed by atoms with Gasteiger partial charge in [0.15, 0.2) is 0 Å². The van der Waals surface area contributed by atoms with E-state index in [0.717, 1.165) is 30.5 Å². The summed E-state index contributed by atoms with van der Waals surface area (Å²) in [7, 11) is 0. The van der Waals surface area contributed by atoms with E-state index in [4.69, 9.17) is 11.6 Å². The smallest absolute Gasteiger partial charge is 0.0410 e. The summed E-state index contributed by atoms with van der Waals surface area (Å²) < 4.78 is 1.05.